The van der Waals surface area contributed by atoms with Gasteiger partial charge in [0.2, 0.25) is 0 Å². The quantitative estimate of drug-likeness (QED) is 0.451. The average Bonchev–Trinajstić information content (AvgIpc) is 2.57. The van der Waals surface area contributed by atoms with Crippen molar-refractivity contribution in [2.75, 3.05) is 0 Å². The van der Waals surface area contributed by atoms with Crippen LogP contribution in [-0.4, -0.2) is 0 Å². The molecule has 14 heavy (non-hydrogen) atoms. The maximum absolute atomic E-state index is 5.91. The Morgan fingerprint density at radius 2 is 2.29 bits per heavy atom. The summed E-state index contributed by atoms with van der Waals surface area (Å²) in [7, 11) is 0. The number of rotatable bonds is 3. The molecule has 1 aromatic rings. The maximum Gasteiger partial charge on any atom is 0.0702 e. The molecule has 1 aliphatic rings. The molecule has 4 N–H and O–H groups in total. The van der Waals surface area contributed by atoms with E-state index in [0.717, 1.165) is 29.8 Å². The van der Waals surface area contributed by atoms with Gasteiger partial charge in [-0.25, -0.2) is 0 Å². The molecule has 0 heterocycles. The molecule has 0 unspecified atom stereocenters. The lowest BCUT2D eigenvalue weighted by atomic mass is 10.1. The third kappa shape index (κ3) is 1.92. The summed E-state index contributed by atoms with van der Waals surface area (Å²) in [4.78, 5) is 5.00. The van der Waals surface area contributed by atoms with Crippen LogP contribution in [0, 0.1) is 0 Å². The van der Waals surface area contributed by atoms with Gasteiger partial charge >= 0.3 is 0 Å². The van der Waals surface area contributed by atoms with Gasteiger partial charge in [-0.3, -0.25) is 0 Å². The van der Waals surface area contributed by atoms with Crippen molar-refractivity contribution in [2.45, 2.75) is 23.8 Å². The zero-order valence-corrected chi connectivity index (χ0v) is 8.42. The highest BCUT2D eigenvalue weighted by Gasteiger charge is 2.18. The standard InChI is InChI=1S/C9H12N2O2S/c10-9-4-1-6-5-7(14-13-12-11)2-3-8(6)9/h2-3,5,9H,1,4,10-11H2/t9-/m0/s1. The van der Waals surface area contributed by atoms with Gasteiger partial charge in [-0.05, 0) is 36.1 Å². The van der Waals surface area contributed by atoms with Crippen LogP contribution in [0.2, 0.25) is 0 Å². The summed E-state index contributed by atoms with van der Waals surface area (Å²) < 4.78 is 4.57. The van der Waals surface area contributed by atoms with Crippen LogP contribution in [0.3, 0.4) is 0 Å². The molecule has 2 rings (SSSR count). The molecule has 0 fully saturated rings. The predicted octanol–water partition coefficient (Wildman–Crippen LogP) is 1.46. The van der Waals surface area contributed by atoms with Crippen molar-refractivity contribution >= 4 is 12.0 Å². The number of hydrogen-bond donors (Lipinski definition) is 2. The Balaban J connectivity index is 2.15. The second-order valence-corrected chi connectivity index (χ2v) is 4.03. The molecule has 0 aromatic heterocycles. The van der Waals surface area contributed by atoms with E-state index in [1.807, 2.05) is 12.1 Å². The summed E-state index contributed by atoms with van der Waals surface area (Å²) in [6, 6.07) is 6.24. The van der Waals surface area contributed by atoms with Crippen molar-refractivity contribution in [1.82, 2.24) is 0 Å². The van der Waals surface area contributed by atoms with E-state index in [-0.39, 0.29) is 6.04 Å². The third-order valence-corrected chi connectivity index (χ3v) is 3.00. The second kappa shape index (κ2) is 4.29. The lowest BCUT2D eigenvalue weighted by Gasteiger charge is -2.05. The zero-order valence-electron chi connectivity index (χ0n) is 7.60. The van der Waals surface area contributed by atoms with Gasteiger partial charge in [0.05, 0.1) is 12.0 Å². The molecule has 0 spiro atoms. The molecule has 0 bridgehead atoms. The molecule has 0 aliphatic heterocycles. The van der Waals surface area contributed by atoms with E-state index in [2.05, 4.69) is 15.4 Å². The van der Waals surface area contributed by atoms with Gasteiger partial charge in [0.25, 0.3) is 0 Å². The highest BCUT2D eigenvalue weighted by molar-refractivity contribution is 7.94. The average molecular weight is 212 g/mol. The summed E-state index contributed by atoms with van der Waals surface area (Å²) in [6.45, 7) is 0. The SMILES string of the molecule is NOOSc1ccc2c(c1)CC[C@@H]2N. The largest absolute Gasteiger partial charge is 0.324 e. The van der Waals surface area contributed by atoms with Crippen LogP contribution < -0.4 is 11.6 Å². The van der Waals surface area contributed by atoms with Crippen LogP contribution in [0.5, 0.6) is 0 Å². The molecule has 0 amide bonds. The molecule has 76 valence electrons. The van der Waals surface area contributed by atoms with E-state index < -0.39 is 0 Å². The lowest BCUT2D eigenvalue weighted by Crippen LogP contribution is -2.04. The summed E-state index contributed by atoms with van der Waals surface area (Å²) in [5.41, 5.74) is 8.45. The minimum absolute atomic E-state index is 0.190. The molecule has 0 saturated carbocycles. The molecular weight excluding hydrogens is 200 g/mol. The van der Waals surface area contributed by atoms with E-state index in [4.69, 9.17) is 11.6 Å². The van der Waals surface area contributed by atoms with Gasteiger partial charge in [-0.1, -0.05) is 6.07 Å². The highest BCUT2D eigenvalue weighted by Crippen LogP contribution is 2.32. The third-order valence-electron chi connectivity index (χ3n) is 2.41. The van der Waals surface area contributed by atoms with Crippen LogP contribution in [-0.2, 0) is 15.7 Å². The first kappa shape index (κ1) is 9.95. The second-order valence-electron chi connectivity index (χ2n) is 3.25. The fourth-order valence-corrected chi connectivity index (χ4v) is 2.17. The maximum atomic E-state index is 5.91. The van der Waals surface area contributed by atoms with Crippen LogP contribution in [0.25, 0.3) is 0 Å². The normalized spacial score (nSPS) is 19.7. The minimum atomic E-state index is 0.190. The topological polar surface area (TPSA) is 70.5 Å². The zero-order chi connectivity index (χ0) is 9.97. The van der Waals surface area contributed by atoms with Crippen molar-refractivity contribution in [2.24, 2.45) is 11.6 Å². The van der Waals surface area contributed by atoms with E-state index in [1.165, 1.54) is 11.1 Å². The van der Waals surface area contributed by atoms with Crippen molar-refractivity contribution in [3.8, 4) is 0 Å². The van der Waals surface area contributed by atoms with Crippen molar-refractivity contribution in [3.05, 3.63) is 29.3 Å². The van der Waals surface area contributed by atoms with Crippen molar-refractivity contribution < 1.29 is 9.32 Å². The van der Waals surface area contributed by atoms with E-state index >= 15 is 0 Å². The Morgan fingerprint density at radius 1 is 1.43 bits per heavy atom. The monoisotopic (exact) mass is 212 g/mol. The fraction of sp³-hybridized carbons (Fsp3) is 0.333. The van der Waals surface area contributed by atoms with Crippen molar-refractivity contribution in [3.63, 3.8) is 0 Å². The molecule has 0 saturated heterocycles. The Labute approximate surface area is 86.6 Å². The smallest absolute Gasteiger partial charge is 0.0702 e. The molecule has 1 aromatic carbocycles. The first-order valence-corrected chi connectivity index (χ1v) is 5.14. The van der Waals surface area contributed by atoms with Gasteiger partial charge < -0.3 is 5.73 Å². The van der Waals surface area contributed by atoms with E-state index in [9.17, 15) is 0 Å². The predicted molar refractivity (Wildman–Crippen MR) is 53.9 cm³/mol. The van der Waals surface area contributed by atoms with Crippen molar-refractivity contribution in [1.29, 1.82) is 0 Å². The summed E-state index contributed by atoms with van der Waals surface area (Å²) in [5, 5.41) is 0. The molecule has 1 aliphatic carbocycles. The first-order chi connectivity index (χ1) is 6.81. The minimum Gasteiger partial charge on any atom is -0.324 e. The molecule has 0 radical (unpaired) electrons. The summed E-state index contributed by atoms with van der Waals surface area (Å²) in [6.07, 6.45) is 2.06. The Kier molecular flexibility index (Phi) is 3.05. The summed E-state index contributed by atoms with van der Waals surface area (Å²) >= 11 is 1.10. The van der Waals surface area contributed by atoms with Gasteiger partial charge in [-0.15, -0.1) is 9.32 Å². The molecule has 1 atom stereocenters. The molecule has 5 heteroatoms. The first-order valence-electron chi connectivity index (χ1n) is 4.40. The molecular formula is C9H12N2O2S. The molecule has 4 nitrogen and oxygen atoms in total. The lowest BCUT2D eigenvalue weighted by molar-refractivity contribution is -0.195. The highest BCUT2D eigenvalue weighted by atomic mass is 32.2. The Bertz CT molecular complexity index is 333. The van der Waals surface area contributed by atoms with E-state index in [1.54, 1.807) is 0 Å². The summed E-state index contributed by atoms with van der Waals surface area (Å²) in [5.74, 6) is 4.75. The number of hydrogen-bond acceptors (Lipinski definition) is 5. The van der Waals surface area contributed by atoms with Gasteiger partial charge in [-0.2, -0.15) is 5.90 Å². The van der Waals surface area contributed by atoms with Crippen LogP contribution >= 0.6 is 12.0 Å². The fourth-order valence-electron chi connectivity index (χ4n) is 1.74. The Hall–Kier alpha value is -0.590. The van der Waals surface area contributed by atoms with Crippen LogP contribution in [0.1, 0.15) is 23.6 Å². The van der Waals surface area contributed by atoms with Crippen LogP contribution in [0.4, 0.5) is 0 Å². The van der Waals surface area contributed by atoms with Gasteiger partial charge in [0, 0.05) is 10.9 Å². The number of fused-ring (bicyclic) bond motifs is 1. The van der Waals surface area contributed by atoms with Gasteiger partial charge in [0.1, 0.15) is 0 Å². The van der Waals surface area contributed by atoms with Gasteiger partial charge in [0.15, 0.2) is 0 Å². The number of aryl methyl sites for hydroxylation is 1. The van der Waals surface area contributed by atoms with E-state index in [0.29, 0.717) is 0 Å². The Morgan fingerprint density at radius 3 is 3.07 bits per heavy atom. The number of benzene rings is 1. The number of nitrogens with two attached hydrogens (primary N) is 2. The van der Waals surface area contributed by atoms with Crippen LogP contribution in [0.15, 0.2) is 23.1 Å².